The van der Waals surface area contributed by atoms with E-state index in [2.05, 4.69) is 13.8 Å². The molecule has 0 spiro atoms. The van der Waals surface area contributed by atoms with Crippen LogP contribution in [0.4, 0.5) is 0 Å². The van der Waals surface area contributed by atoms with Crippen molar-refractivity contribution >= 4 is 23.4 Å². The van der Waals surface area contributed by atoms with Gasteiger partial charge in [0.05, 0.1) is 6.10 Å². The summed E-state index contributed by atoms with van der Waals surface area (Å²) in [7, 11) is 3.69. The second kappa shape index (κ2) is 8.02. The van der Waals surface area contributed by atoms with Crippen molar-refractivity contribution in [2.75, 3.05) is 20.7 Å². The van der Waals surface area contributed by atoms with Gasteiger partial charge in [-0.15, -0.1) is 0 Å². The van der Waals surface area contributed by atoms with Gasteiger partial charge in [-0.2, -0.15) is 5.10 Å². The first kappa shape index (κ1) is 24.2. The topological polar surface area (TPSA) is 101 Å². The zero-order valence-corrected chi connectivity index (χ0v) is 21.6. The molecule has 8 heteroatoms. The van der Waals surface area contributed by atoms with Gasteiger partial charge in [0.25, 0.3) is 0 Å². The van der Waals surface area contributed by atoms with Crippen molar-refractivity contribution in [3.8, 4) is 0 Å². The molecular weight excluding hydrogens is 446 g/mol. The molecule has 1 heterocycles. The second-order valence-electron chi connectivity index (χ2n) is 11.6. The third-order valence-corrected chi connectivity index (χ3v) is 9.51. The van der Waals surface area contributed by atoms with Crippen molar-refractivity contribution in [2.45, 2.75) is 71.1 Å². The van der Waals surface area contributed by atoms with Crippen LogP contribution in [-0.4, -0.2) is 71.9 Å². The lowest BCUT2D eigenvalue weighted by molar-refractivity contribution is -0.139. The van der Waals surface area contributed by atoms with E-state index in [0.29, 0.717) is 18.0 Å². The van der Waals surface area contributed by atoms with Crippen LogP contribution < -0.4 is 0 Å². The Labute approximate surface area is 207 Å². The van der Waals surface area contributed by atoms with E-state index >= 15 is 0 Å². The molecule has 0 aromatic carbocycles. The Morgan fingerprint density at radius 2 is 2.11 bits per heavy atom. The molecule has 0 aromatic rings. The minimum absolute atomic E-state index is 0.0218. The maximum atomic E-state index is 12.1. The van der Waals surface area contributed by atoms with E-state index in [9.17, 15) is 14.7 Å². The number of esters is 1. The number of hydrogen-bond donors (Lipinski definition) is 1. The summed E-state index contributed by atoms with van der Waals surface area (Å²) in [4.78, 5) is 29.0. The van der Waals surface area contributed by atoms with E-state index in [0.717, 1.165) is 24.8 Å². The number of nitrogens with zero attached hydrogens (tertiary/aromatic N) is 3. The predicted octanol–water partition coefficient (Wildman–Crippen LogP) is 2.91. The normalized spacial score (nSPS) is 43.8. The molecule has 0 aromatic heterocycles. The molecule has 0 radical (unpaired) electrons. The average molecular weight is 484 g/mol. The van der Waals surface area contributed by atoms with Crippen molar-refractivity contribution in [3.63, 3.8) is 0 Å². The number of fused-ring (bicyclic) bond motifs is 7. The number of carbonyl (C=O) groups excluding carboxylic acids is 2. The van der Waals surface area contributed by atoms with Gasteiger partial charge in [0.15, 0.2) is 11.7 Å². The Morgan fingerprint density at radius 3 is 2.80 bits per heavy atom. The first-order chi connectivity index (χ1) is 16.4. The lowest BCUT2D eigenvalue weighted by Gasteiger charge is -2.59. The zero-order valence-electron chi connectivity index (χ0n) is 21.6. The molecule has 0 bridgehead atoms. The Kier molecular flexibility index (Phi) is 5.55. The summed E-state index contributed by atoms with van der Waals surface area (Å²) in [5.41, 5.74) is 0.220. The summed E-state index contributed by atoms with van der Waals surface area (Å²) in [6.07, 6.45) is 7.76. The molecule has 5 rings (SSSR count). The molecule has 3 fully saturated rings. The smallest absolute Gasteiger partial charge is 0.303 e. The zero-order chi connectivity index (χ0) is 25.3. The van der Waals surface area contributed by atoms with Crippen LogP contribution in [0, 0.1) is 28.6 Å². The van der Waals surface area contributed by atoms with Gasteiger partial charge in [0.2, 0.25) is 0 Å². The van der Waals surface area contributed by atoms with Crippen molar-refractivity contribution in [1.29, 1.82) is 0 Å². The standard InChI is InChI=1S/C27H37N3O5/c1-15-28-27(22(29-30(5)6)14-34-16(2)31)23(35-15)12-20-19-8-7-17-11-18(32)9-10-25(17,3)24(19)21(33)13-26(20,27)4/h9-11,19-21,23-24,33H,7-8,12-14H2,1-6H3/b29-22-/t19-,20-,21-,23+,24+,25-,26-,27+/m0/s1. The van der Waals surface area contributed by atoms with Crippen LogP contribution >= 0.6 is 0 Å². The quantitative estimate of drug-likeness (QED) is 0.375. The van der Waals surface area contributed by atoms with Gasteiger partial charge < -0.3 is 19.6 Å². The highest BCUT2D eigenvalue weighted by molar-refractivity contribution is 6.02. The molecule has 0 saturated heterocycles. The number of ketones is 1. The molecule has 8 atom stereocenters. The SMILES string of the molecule is CC(=O)OC/C(=N/N(C)C)[C@@]12N=C(C)O[C@@H]1C[C@H]1[C@@H]3CCC4=CC(=O)C=C[C@]4(C)[C@H]3[C@@H](O)C[C@@]12C. The lowest BCUT2D eigenvalue weighted by atomic mass is 9.46. The molecule has 5 aliphatic rings. The van der Waals surface area contributed by atoms with Crippen molar-refractivity contribution in [2.24, 2.45) is 38.7 Å². The largest absolute Gasteiger partial charge is 0.475 e. The number of rotatable bonds is 4. The summed E-state index contributed by atoms with van der Waals surface area (Å²) in [6, 6.07) is 0. The molecule has 190 valence electrons. The van der Waals surface area contributed by atoms with Gasteiger partial charge in [-0.25, -0.2) is 4.99 Å². The molecule has 3 saturated carbocycles. The molecule has 1 aliphatic heterocycles. The molecular formula is C27H37N3O5. The van der Waals surface area contributed by atoms with E-state index in [1.54, 1.807) is 17.2 Å². The van der Waals surface area contributed by atoms with Crippen LogP contribution in [0.3, 0.4) is 0 Å². The number of aliphatic imine (C=N–C) groups is 1. The number of aliphatic hydroxyl groups excluding tert-OH is 1. The van der Waals surface area contributed by atoms with Crippen LogP contribution in [0.15, 0.2) is 33.9 Å². The van der Waals surface area contributed by atoms with E-state index in [-0.39, 0.29) is 47.6 Å². The summed E-state index contributed by atoms with van der Waals surface area (Å²) in [5, 5.41) is 18.3. The number of aliphatic hydroxyl groups is 1. The summed E-state index contributed by atoms with van der Waals surface area (Å²) < 4.78 is 11.8. The van der Waals surface area contributed by atoms with Crippen LogP contribution in [0.1, 0.15) is 53.4 Å². The Hall–Kier alpha value is -2.48. The minimum Gasteiger partial charge on any atom is -0.475 e. The van der Waals surface area contributed by atoms with Crippen LogP contribution in [0.25, 0.3) is 0 Å². The maximum Gasteiger partial charge on any atom is 0.303 e. The fourth-order valence-electron chi connectivity index (χ4n) is 8.33. The van der Waals surface area contributed by atoms with Gasteiger partial charge in [0, 0.05) is 44.7 Å². The molecule has 35 heavy (non-hydrogen) atoms. The highest BCUT2D eigenvalue weighted by atomic mass is 16.5. The lowest BCUT2D eigenvalue weighted by Crippen LogP contribution is -2.62. The van der Waals surface area contributed by atoms with Crippen molar-refractivity contribution in [3.05, 3.63) is 23.8 Å². The first-order valence-corrected chi connectivity index (χ1v) is 12.7. The van der Waals surface area contributed by atoms with Crippen molar-refractivity contribution < 1.29 is 24.2 Å². The maximum absolute atomic E-state index is 12.1. The van der Waals surface area contributed by atoms with Gasteiger partial charge >= 0.3 is 5.97 Å². The highest BCUT2D eigenvalue weighted by Gasteiger charge is 2.74. The first-order valence-electron chi connectivity index (χ1n) is 12.7. The van der Waals surface area contributed by atoms with Gasteiger partial charge in [-0.3, -0.25) is 9.59 Å². The Bertz CT molecular complexity index is 1080. The van der Waals surface area contributed by atoms with Gasteiger partial charge in [-0.1, -0.05) is 25.5 Å². The Morgan fingerprint density at radius 1 is 1.37 bits per heavy atom. The number of allylic oxidation sites excluding steroid dienone is 4. The van der Waals surface area contributed by atoms with Gasteiger partial charge in [0.1, 0.15) is 24.0 Å². The fourth-order valence-corrected chi connectivity index (χ4v) is 8.33. The summed E-state index contributed by atoms with van der Waals surface area (Å²) in [5.74, 6) is 0.787. The predicted molar refractivity (Wildman–Crippen MR) is 132 cm³/mol. The monoisotopic (exact) mass is 483 g/mol. The number of hydrazone groups is 1. The number of ether oxygens (including phenoxy) is 2. The van der Waals surface area contributed by atoms with Crippen LogP contribution in [0.2, 0.25) is 0 Å². The number of carbonyl (C=O) groups is 2. The van der Waals surface area contributed by atoms with E-state index in [4.69, 9.17) is 19.6 Å². The highest BCUT2D eigenvalue weighted by Crippen LogP contribution is 2.69. The molecule has 0 amide bonds. The van der Waals surface area contributed by atoms with Crippen LogP contribution in [-0.2, 0) is 19.1 Å². The van der Waals surface area contributed by atoms with Gasteiger partial charge in [-0.05, 0) is 49.7 Å². The van der Waals surface area contributed by atoms with E-state index in [1.165, 1.54) is 6.92 Å². The van der Waals surface area contributed by atoms with Crippen LogP contribution in [0.5, 0.6) is 0 Å². The van der Waals surface area contributed by atoms with Crippen molar-refractivity contribution in [1.82, 2.24) is 5.01 Å². The molecule has 4 aliphatic carbocycles. The minimum atomic E-state index is -0.817. The summed E-state index contributed by atoms with van der Waals surface area (Å²) >= 11 is 0. The third kappa shape index (κ3) is 3.35. The van der Waals surface area contributed by atoms with E-state index in [1.807, 2.05) is 27.1 Å². The molecule has 8 nitrogen and oxygen atoms in total. The van der Waals surface area contributed by atoms with E-state index < -0.39 is 17.1 Å². The third-order valence-electron chi connectivity index (χ3n) is 9.51. The average Bonchev–Trinajstić information content (AvgIpc) is 3.21. The fraction of sp³-hybridized carbons (Fsp3) is 0.704. The molecule has 0 unspecified atom stereocenters. The second-order valence-corrected chi connectivity index (χ2v) is 11.6. The Balaban J connectivity index is 1.60. The number of hydrogen-bond acceptors (Lipinski definition) is 8. The molecule has 1 N–H and O–H groups in total. The summed E-state index contributed by atoms with van der Waals surface area (Å²) in [6.45, 7) is 7.69.